The Hall–Kier alpha value is -1.65. The van der Waals surface area contributed by atoms with E-state index in [1.54, 1.807) is 7.05 Å². The molecular formula is C8H10N4O. The standard InChI is InChI=1S/C8H10N4O/c1-5-4-6(2)12-7(9-5)11(3)10-8(12)13/h4H,1-3H3. The molecule has 0 saturated heterocycles. The van der Waals surface area contributed by atoms with Gasteiger partial charge in [0, 0.05) is 6.07 Å². The number of fused-ring (bicyclic) bond motifs is 1. The highest BCUT2D eigenvalue weighted by atomic mass is 16.3. The van der Waals surface area contributed by atoms with Gasteiger partial charge in [0.15, 0.2) is 0 Å². The summed E-state index contributed by atoms with van der Waals surface area (Å²) in [6.07, 6.45) is 0. The van der Waals surface area contributed by atoms with Gasteiger partial charge in [0.05, 0.1) is 12.7 Å². The van der Waals surface area contributed by atoms with E-state index in [-0.39, 0.29) is 6.01 Å². The Labute approximate surface area is 75.3 Å². The first kappa shape index (κ1) is 7.97. The summed E-state index contributed by atoms with van der Waals surface area (Å²) < 4.78 is 2.98. The molecule has 0 amide bonds. The van der Waals surface area contributed by atoms with Gasteiger partial charge >= 0.3 is 5.78 Å². The summed E-state index contributed by atoms with van der Waals surface area (Å²) in [5.74, 6) is 0.586. The third-order valence-electron chi connectivity index (χ3n) is 1.96. The first-order chi connectivity index (χ1) is 6.09. The van der Waals surface area contributed by atoms with E-state index in [1.807, 2.05) is 19.9 Å². The predicted octanol–water partition coefficient (Wildman–Crippen LogP) is -0.756. The minimum Gasteiger partial charge on any atom is -0.824 e. The molecule has 0 N–H and O–H groups in total. The van der Waals surface area contributed by atoms with Gasteiger partial charge in [-0.15, -0.1) is 9.67 Å². The molecule has 0 aliphatic heterocycles. The van der Waals surface area contributed by atoms with E-state index >= 15 is 0 Å². The van der Waals surface area contributed by atoms with Crippen LogP contribution in [-0.4, -0.2) is 14.8 Å². The molecule has 0 aliphatic carbocycles. The summed E-state index contributed by atoms with van der Waals surface area (Å²) in [7, 11) is 1.71. The van der Waals surface area contributed by atoms with E-state index < -0.39 is 0 Å². The second-order valence-corrected chi connectivity index (χ2v) is 3.08. The van der Waals surface area contributed by atoms with Crippen LogP contribution in [0, 0.1) is 13.8 Å². The van der Waals surface area contributed by atoms with E-state index in [2.05, 4.69) is 10.1 Å². The lowest BCUT2D eigenvalue weighted by Crippen LogP contribution is -2.29. The molecule has 5 heteroatoms. The predicted molar refractivity (Wildman–Crippen MR) is 43.1 cm³/mol. The summed E-state index contributed by atoms with van der Waals surface area (Å²) in [5, 5.41) is 15.1. The van der Waals surface area contributed by atoms with Crippen LogP contribution in [0.1, 0.15) is 11.4 Å². The van der Waals surface area contributed by atoms with Crippen molar-refractivity contribution in [1.82, 2.24) is 14.8 Å². The molecule has 0 spiro atoms. The fourth-order valence-electron chi connectivity index (χ4n) is 1.44. The molecule has 0 radical (unpaired) electrons. The first-order valence-electron chi connectivity index (χ1n) is 3.99. The molecule has 0 saturated carbocycles. The van der Waals surface area contributed by atoms with Crippen molar-refractivity contribution < 1.29 is 9.51 Å². The van der Waals surface area contributed by atoms with Crippen molar-refractivity contribution in [2.45, 2.75) is 13.8 Å². The molecule has 0 aromatic carbocycles. The van der Waals surface area contributed by atoms with Crippen LogP contribution in [0.4, 0.5) is 0 Å². The average molecular weight is 178 g/mol. The van der Waals surface area contributed by atoms with Gasteiger partial charge in [-0.1, -0.05) is 0 Å². The third kappa shape index (κ3) is 1.04. The summed E-state index contributed by atoms with van der Waals surface area (Å²) in [5.41, 5.74) is 1.75. The van der Waals surface area contributed by atoms with Crippen molar-refractivity contribution in [2.24, 2.45) is 7.05 Å². The monoisotopic (exact) mass is 178 g/mol. The maximum absolute atomic E-state index is 11.3. The zero-order valence-electron chi connectivity index (χ0n) is 7.77. The van der Waals surface area contributed by atoms with Gasteiger partial charge < -0.3 is 5.11 Å². The van der Waals surface area contributed by atoms with E-state index in [0.717, 1.165) is 11.4 Å². The maximum Gasteiger partial charge on any atom is 0.386 e. The molecule has 2 rings (SSSR count). The largest absolute Gasteiger partial charge is 0.824 e. The maximum atomic E-state index is 11.3. The van der Waals surface area contributed by atoms with Gasteiger partial charge in [0.1, 0.15) is 5.69 Å². The number of aromatic nitrogens is 4. The quantitative estimate of drug-likeness (QED) is 0.498. The van der Waals surface area contributed by atoms with E-state index in [0.29, 0.717) is 5.78 Å². The van der Waals surface area contributed by atoms with Crippen molar-refractivity contribution in [3.05, 3.63) is 17.5 Å². The summed E-state index contributed by atoms with van der Waals surface area (Å²) in [4.78, 5) is 4.22. The topological polar surface area (TPSA) is 57.9 Å². The minimum absolute atomic E-state index is 0.275. The summed E-state index contributed by atoms with van der Waals surface area (Å²) >= 11 is 0. The van der Waals surface area contributed by atoms with Crippen LogP contribution >= 0.6 is 0 Å². The summed E-state index contributed by atoms with van der Waals surface area (Å²) in [6, 6.07) is 1.58. The fourth-order valence-corrected chi connectivity index (χ4v) is 1.44. The fraction of sp³-hybridized carbons (Fsp3) is 0.375. The highest BCUT2D eigenvalue weighted by molar-refractivity contribution is 5.21. The normalized spacial score (nSPS) is 11.0. The van der Waals surface area contributed by atoms with Crippen molar-refractivity contribution in [3.63, 3.8) is 0 Å². The van der Waals surface area contributed by atoms with Crippen molar-refractivity contribution in [3.8, 4) is 6.01 Å². The smallest absolute Gasteiger partial charge is 0.386 e. The molecule has 13 heavy (non-hydrogen) atoms. The second-order valence-electron chi connectivity index (χ2n) is 3.08. The van der Waals surface area contributed by atoms with Crippen LogP contribution in [0.25, 0.3) is 5.78 Å². The SMILES string of the molecule is Cc1cc(C)[n+]2c([O-])nn(C)c2n1. The Balaban J connectivity index is 2.97. The van der Waals surface area contributed by atoms with Crippen LogP contribution in [0.5, 0.6) is 6.01 Å². The van der Waals surface area contributed by atoms with Crippen molar-refractivity contribution in [2.75, 3.05) is 0 Å². The molecule has 0 unspecified atom stereocenters. The van der Waals surface area contributed by atoms with E-state index in [9.17, 15) is 5.11 Å². The molecular weight excluding hydrogens is 168 g/mol. The molecule has 2 heterocycles. The minimum atomic E-state index is -0.275. The molecule has 0 bridgehead atoms. The molecule has 2 aromatic rings. The van der Waals surface area contributed by atoms with E-state index in [4.69, 9.17) is 0 Å². The Morgan fingerprint density at radius 3 is 2.85 bits per heavy atom. The summed E-state index contributed by atoms with van der Waals surface area (Å²) in [6.45, 7) is 3.76. The lowest BCUT2D eigenvalue weighted by atomic mass is 10.3. The van der Waals surface area contributed by atoms with Gasteiger partial charge in [-0.05, 0) is 18.9 Å². The van der Waals surface area contributed by atoms with Gasteiger partial charge in [0.25, 0.3) is 0 Å². The number of nitrogens with zero attached hydrogens (tertiary/aromatic N) is 4. The molecule has 5 nitrogen and oxygen atoms in total. The Morgan fingerprint density at radius 1 is 1.46 bits per heavy atom. The van der Waals surface area contributed by atoms with Crippen molar-refractivity contribution >= 4 is 5.78 Å². The van der Waals surface area contributed by atoms with Crippen LogP contribution in [0.15, 0.2) is 6.07 Å². The number of hydrogen-bond acceptors (Lipinski definition) is 3. The zero-order valence-corrected chi connectivity index (χ0v) is 7.77. The Morgan fingerprint density at radius 2 is 2.15 bits per heavy atom. The molecule has 0 aliphatic rings. The van der Waals surface area contributed by atoms with Crippen molar-refractivity contribution in [1.29, 1.82) is 0 Å². The van der Waals surface area contributed by atoms with Crippen LogP contribution in [0.3, 0.4) is 0 Å². The first-order valence-corrected chi connectivity index (χ1v) is 3.99. The molecule has 2 aromatic heterocycles. The highest BCUT2D eigenvalue weighted by Gasteiger charge is 2.13. The number of aryl methyl sites for hydroxylation is 3. The molecule has 68 valence electrons. The van der Waals surface area contributed by atoms with Gasteiger partial charge in [-0.3, -0.25) is 0 Å². The second kappa shape index (κ2) is 2.42. The average Bonchev–Trinajstić information content (AvgIpc) is 2.27. The number of hydrogen-bond donors (Lipinski definition) is 0. The third-order valence-corrected chi connectivity index (χ3v) is 1.96. The van der Waals surface area contributed by atoms with Gasteiger partial charge in [0.2, 0.25) is 6.01 Å². The van der Waals surface area contributed by atoms with Crippen LogP contribution in [0.2, 0.25) is 0 Å². The van der Waals surface area contributed by atoms with Gasteiger partial charge in [-0.2, -0.15) is 4.40 Å². The Kier molecular flexibility index (Phi) is 1.48. The van der Waals surface area contributed by atoms with E-state index in [1.165, 1.54) is 9.08 Å². The molecule has 0 atom stereocenters. The Bertz CT molecular complexity index is 474. The number of rotatable bonds is 0. The van der Waals surface area contributed by atoms with Crippen LogP contribution in [-0.2, 0) is 7.05 Å². The lowest BCUT2D eigenvalue weighted by Gasteiger charge is -1.98. The van der Waals surface area contributed by atoms with Gasteiger partial charge in [-0.25, -0.2) is 0 Å². The highest BCUT2D eigenvalue weighted by Crippen LogP contribution is 2.02. The zero-order chi connectivity index (χ0) is 9.59. The van der Waals surface area contributed by atoms with Crippen LogP contribution < -0.4 is 9.51 Å². The lowest BCUT2D eigenvalue weighted by molar-refractivity contribution is -0.593. The molecule has 0 fully saturated rings.